The fourth-order valence-corrected chi connectivity index (χ4v) is 2.81. The zero-order chi connectivity index (χ0) is 12.5. The highest BCUT2D eigenvalue weighted by Gasteiger charge is 2.30. The van der Waals surface area contributed by atoms with Crippen LogP contribution in [0.3, 0.4) is 0 Å². The summed E-state index contributed by atoms with van der Waals surface area (Å²) >= 11 is 6.22. The van der Waals surface area contributed by atoms with Crippen LogP contribution in [0.2, 0.25) is 5.02 Å². The van der Waals surface area contributed by atoms with E-state index in [2.05, 4.69) is 0 Å². The number of benzene rings is 1. The van der Waals surface area contributed by atoms with E-state index < -0.39 is 0 Å². The average Bonchev–Trinajstić information content (AvgIpc) is 2.87. The van der Waals surface area contributed by atoms with Crippen molar-refractivity contribution in [3.05, 3.63) is 22.7 Å². The van der Waals surface area contributed by atoms with Gasteiger partial charge in [0, 0.05) is 12.5 Å². The van der Waals surface area contributed by atoms with E-state index in [-0.39, 0.29) is 6.10 Å². The minimum absolute atomic E-state index is 0.0170. The topological polar surface area (TPSA) is 53.7 Å². The zero-order valence-corrected chi connectivity index (χ0v) is 10.8. The third-order valence-corrected chi connectivity index (χ3v) is 3.75. The van der Waals surface area contributed by atoms with E-state index in [1.165, 1.54) is 0 Å². The maximum absolute atomic E-state index is 6.22. The Bertz CT molecular complexity index is 452. The Morgan fingerprint density at radius 3 is 2.89 bits per heavy atom. The van der Waals surface area contributed by atoms with E-state index in [1.54, 1.807) is 0 Å². The molecule has 1 fully saturated rings. The van der Waals surface area contributed by atoms with Crippen LogP contribution in [0.1, 0.15) is 18.1 Å². The molecule has 0 aromatic heterocycles. The molecular formula is C13H16ClNO3. The lowest BCUT2D eigenvalue weighted by atomic mass is 9.95. The maximum atomic E-state index is 6.22. The second kappa shape index (κ2) is 4.96. The predicted molar refractivity (Wildman–Crippen MR) is 68.3 cm³/mol. The second-order valence-corrected chi connectivity index (χ2v) is 5.01. The summed E-state index contributed by atoms with van der Waals surface area (Å²) in [4.78, 5) is 0. The third kappa shape index (κ3) is 2.05. The second-order valence-electron chi connectivity index (χ2n) is 4.60. The van der Waals surface area contributed by atoms with Gasteiger partial charge in [-0.05, 0) is 30.7 Å². The Hall–Kier alpha value is -0.970. The van der Waals surface area contributed by atoms with Crippen LogP contribution in [-0.2, 0) is 4.74 Å². The van der Waals surface area contributed by atoms with Crippen LogP contribution >= 0.6 is 11.6 Å². The van der Waals surface area contributed by atoms with Gasteiger partial charge in [-0.15, -0.1) is 0 Å². The predicted octanol–water partition coefficient (Wildman–Crippen LogP) is 2.15. The Morgan fingerprint density at radius 2 is 2.06 bits per heavy atom. The van der Waals surface area contributed by atoms with Gasteiger partial charge in [-0.2, -0.15) is 0 Å². The first kappa shape index (κ1) is 12.1. The standard InChI is InChI=1S/C13H16ClNO3/c14-10-5-9(12-8(7-15)1-2-17-12)6-11-13(10)18-4-3-16-11/h5-6,8,12H,1-4,7,15H2. The monoisotopic (exact) mass is 269 g/mol. The minimum atomic E-state index is 0.0170. The van der Waals surface area contributed by atoms with Crippen molar-refractivity contribution >= 4 is 11.6 Å². The van der Waals surface area contributed by atoms with Crippen molar-refractivity contribution in [2.24, 2.45) is 11.7 Å². The summed E-state index contributed by atoms with van der Waals surface area (Å²) in [5.41, 5.74) is 6.79. The van der Waals surface area contributed by atoms with Crippen molar-refractivity contribution in [3.8, 4) is 11.5 Å². The molecule has 2 N–H and O–H groups in total. The summed E-state index contributed by atoms with van der Waals surface area (Å²) in [6.07, 6.45) is 1.01. The Labute approximate surface area is 111 Å². The molecule has 0 radical (unpaired) electrons. The Balaban J connectivity index is 1.95. The van der Waals surface area contributed by atoms with E-state index >= 15 is 0 Å². The van der Waals surface area contributed by atoms with Gasteiger partial charge in [0.25, 0.3) is 0 Å². The highest BCUT2D eigenvalue weighted by molar-refractivity contribution is 6.32. The van der Waals surface area contributed by atoms with E-state index in [1.807, 2.05) is 12.1 Å². The van der Waals surface area contributed by atoms with Gasteiger partial charge in [0.05, 0.1) is 11.1 Å². The highest BCUT2D eigenvalue weighted by Crippen LogP contribution is 2.43. The SMILES string of the molecule is NCC1CCOC1c1cc(Cl)c2c(c1)OCCO2. The van der Waals surface area contributed by atoms with Crippen LogP contribution in [0.4, 0.5) is 0 Å². The summed E-state index contributed by atoms with van der Waals surface area (Å²) in [6.45, 7) is 2.46. The number of hydrogen-bond donors (Lipinski definition) is 1. The largest absolute Gasteiger partial charge is 0.486 e. The number of nitrogens with two attached hydrogens (primary N) is 1. The van der Waals surface area contributed by atoms with Crippen molar-refractivity contribution < 1.29 is 14.2 Å². The van der Waals surface area contributed by atoms with Crippen molar-refractivity contribution in [1.82, 2.24) is 0 Å². The first-order chi connectivity index (χ1) is 8.79. The average molecular weight is 270 g/mol. The molecule has 98 valence electrons. The molecule has 2 unspecified atom stereocenters. The van der Waals surface area contributed by atoms with Gasteiger partial charge in [0.1, 0.15) is 13.2 Å². The molecule has 0 saturated carbocycles. The maximum Gasteiger partial charge on any atom is 0.179 e. The normalized spacial score (nSPS) is 26.3. The fourth-order valence-electron chi connectivity index (χ4n) is 2.54. The summed E-state index contributed by atoms with van der Waals surface area (Å²) in [6, 6.07) is 3.85. The van der Waals surface area contributed by atoms with E-state index in [0.29, 0.717) is 42.2 Å². The van der Waals surface area contributed by atoms with Gasteiger partial charge in [-0.1, -0.05) is 11.6 Å². The van der Waals surface area contributed by atoms with Gasteiger partial charge >= 0.3 is 0 Å². The lowest BCUT2D eigenvalue weighted by Gasteiger charge is -2.23. The van der Waals surface area contributed by atoms with Crippen LogP contribution in [0.15, 0.2) is 12.1 Å². The lowest BCUT2D eigenvalue weighted by Crippen LogP contribution is -2.19. The van der Waals surface area contributed by atoms with Crippen LogP contribution in [0.25, 0.3) is 0 Å². The van der Waals surface area contributed by atoms with Gasteiger partial charge in [0.2, 0.25) is 0 Å². The van der Waals surface area contributed by atoms with Crippen LogP contribution in [0, 0.1) is 5.92 Å². The molecule has 0 bridgehead atoms. The summed E-state index contributed by atoms with van der Waals surface area (Å²) < 4.78 is 16.8. The molecular weight excluding hydrogens is 254 g/mol. The number of hydrogen-bond acceptors (Lipinski definition) is 4. The third-order valence-electron chi connectivity index (χ3n) is 3.46. The molecule has 18 heavy (non-hydrogen) atoms. The molecule has 0 amide bonds. The van der Waals surface area contributed by atoms with Gasteiger partial charge in [-0.3, -0.25) is 0 Å². The molecule has 1 aromatic carbocycles. The molecule has 1 aromatic rings. The first-order valence-electron chi connectivity index (χ1n) is 6.20. The van der Waals surface area contributed by atoms with Gasteiger partial charge in [0.15, 0.2) is 11.5 Å². The van der Waals surface area contributed by atoms with Crippen LogP contribution < -0.4 is 15.2 Å². The zero-order valence-electron chi connectivity index (χ0n) is 10.0. The summed E-state index contributed by atoms with van der Waals surface area (Å²) in [7, 11) is 0. The molecule has 1 saturated heterocycles. The summed E-state index contributed by atoms with van der Waals surface area (Å²) in [5.74, 6) is 1.69. The lowest BCUT2D eigenvalue weighted by molar-refractivity contribution is 0.0916. The number of fused-ring (bicyclic) bond motifs is 1. The number of halogens is 1. The van der Waals surface area contributed by atoms with Gasteiger partial charge < -0.3 is 19.9 Å². The number of ether oxygens (including phenoxy) is 3. The van der Waals surface area contributed by atoms with E-state index in [4.69, 9.17) is 31.5 Å². The smallest absolute Gasteiger partial charge is 0.179 e. The highest BCUT2D eigenvalue weighted by atomic mass is 35.5. The number of rotatable bonds is 2. The first-order valence-corrected chi connectivity index (χ1v) is 6.58. The van der Waals surface area contributed by atoms with Crippen LogP contribution in [-0.4, -0.2) is 26.4 Å². The van der Waals surface area contributed by atoms with Crippen molar-refractivity contribution in [3.63, 3.8) is 0 Å². The molecule has 5 heteroatoms. The van der Waals surface area contributed by atoms with Crippen molar-refractivity contribution in [2.45, 2.75) is 12.5 Å². The summed E-state index contributed by atoms with van der Waals surface area (Å²) in [5, 5.41) is 0.577. The Kier molecular flexibility index (Phi) is 3.33. The van der Waals surface area contributed by atoms with E-state index in [0.717, 1.165) is 18.6 Å². The molecule has 4 nitrogen and oxygen atoms in total. The molecule has 2 aliphatic heterocycles. The quantitative estimate of drug-likeness (QED) is 0.894. The molecule has 3 rings (SSSR count). The van der Waals surface area contributed by atoms with Crippen LogP contribution in [0.5, 0.6) is 11.5 Å². The van der Waals surface area contributed by atoms with E-state index in [9.17, 15) is 0 Å². The molecule has 2 aliphatic rings. The Morgan fingerprint density at radius 1 is 1.22 bits per heavy atom. The molecule has 2 heterocycles. The van der Waals surface area contributed by atoms with Gasteiger partial charge in [-0.25, -0.2) is 0 Å². The molecule has 0 spiro atoms. The van der Waals surface area contributed by atoms with Crippen molar-refractivity contribution in [2.75, 3.05) is 26.4 Å². The molecule has 0 aliphatic carbocycles. The molecule has 2 atom stereocenters. The fraction of sp³-hybridized carbons (Fsp3) is 0.538. The minimum Gasteiger partial charge on any atom is -0.486 e. The van der Waals surface area contributed by atoms with Crippen molar-refractivity contribution in [1.29, 1.82) is 0 Å².